The number of nitrogens with one attached hydrogen (secondary N) is 1. The Morgan fingerprint density at radius 3 is 2.50 bits per heavy atom. The van der Waals surface area contributed by atoms with Crippen molar-refractivity contribution in [2.45, 2.75) is 25.2 Å². The van der Waals surface area contributed by atoms with E-state index in [9.17, 15) is 4.79 Å². The second kappa shape index (κ2) is 7.02. The van der Waals surface area contributed by atoms with Crippen LogP contribution in [-0.4, -0.2) is 36.5 Å². The van der Waals surface area contributed by atoms with Crippen LogP contribution in [0.5, 0.6) is 0 Å². The van der Waals surface area contributed by atoms with Crippen molar-refractivity contribution in [2.75, 3.05) is 19.7 Å². The molecule has 118 valence electrons. The van der Waals surface area contributed by atoms with Crippen molar-refractivity contribution in [3.8, 4) is 0 Å². The Labute approximate surface area is 129 Å². The summed E-state index contributed by atoms with van der Waals surface area (Å²) in [7, 11) is 0. The molecule has 1 aromatic carbocycles. The van der Waals surface area contributed by atoms with Gasteiger partial charge in [0.15, 0.2) is 5.84 Å². The highest BCUT2D eigenvalue weighted by molar-refractivity contribution is 5.93. The van der Waals surface area contributed by atoms with E-state index in [0.717, 1.165) is 5.56 Å². The van der Waals surface area contributed by atoms with Crippen molar-refractivity contribution in [3.63, 3.8) is 0 Å². The van der Waals surface area contributed by atoms with Gasteiger partial charge in [-0.3, -0.25) is 0 Å². The maximum absolute atomic E-state index is 11.8. The molecular weight excluding hydrogens is 282 g/mol. The number of amides is 1. The van der Waals surface area contributed by atoms with Crippen LogP contribution in [0, 0.1) is 5.53 Å². The molecule has 2 rings (SSSR count). The van der Waals surface area contributed by atoms with Gasteiger partial charge in [0.25, 0.3) is 0 Å². The van der Waals surface area contributed by atoms with Gasteiger partial charge in [0.05, 0.1) is 12.0 Å². The Hall–Kier alpha value is -2.44. The first-order valence-electron chi connectivity index (χ1n) is 7.31. The molecule has 1 fully saturated rings. The Kier molecular flexibility index (Phi) is 5.08. The number of hydrazone groups is 1. The van der Waals surface area contributed by atoms with Gasteiger partial charge in [0, 0.05) is 13.1 Å². The van der Waals surface area contributed by atoms with E-state index in [1.165, 1.54) is 0 Å². The van der Waals surface area contributed by atoms with E-state index in [0.29, 0.717) is 38.4 Å². The summed E-state index contributed by atoms with van der Waals surface area (Å²) in [5, 5.41) is 7.24. The van der Waals surface area contributed by atoms with Crippen LogP contribution >= 0.6 is 0 Å². The fourth-order valence-electron chi connectivity index (χ4n) is 2.94. The first-order chi connectivity index (χ1) is 10.7. The van der Waals surface area contributed by atoms with Gasteiger partial charge in [-0.2, -0.15) is 5.10 Å². The van der Waals surface area contributed by atoms with Crippen LogP contribution in [0.2, 0.25) is 0 Å². The van der Waals surface area contributed by atoms with E-state index < -0.39 is 5.41 Å². The van der Waals surface area contributed by atoms with Crippen molar-refractivity contribution in [1.82, 2.24) is 4.90 Å². The molecule has 1 aliphatic heterocycles. The predicted molar refractivity (Wildman–Crippen MR) is 82.7 cm³/mol. The van der Waals surface area contributed by atoms with E-state index in [1.807, 2.05) is 30.3 Å². The lowest BCUT2D eigenvalue weighted by Gasteiger charge is -2.40. The summed E-state index contributed by atoms with van der Waals surface area (Å²) >= 11 is 0. The first kappa shape index (κ1) is 15.9. The highest BCUT2D eigenvalue weighted by Gasteiger charge is 2.42. The Bertz CT molecular complexity index is 550. The molecule has 1 amide bonds. The number of rotatable bonds is 3. The van der Waals surface area contributed by atoms with Crippen molar-refractivity contribution in [2.24, 2.45) is 16.1 Å². The smallest absolute Gasteiger partial charge is 0.409 e. The van der Waals surface area contributed by atoms with Gasteiger partial charge in [-0.15, -0.1) is 5.11 Å². The largest absolute Gasteiger partial charge is 0.450 e. The predicted octanol–water partition coefficient (Wildman–Crippen LogP) is 2.48. The molecule has 0 spiro atoms. The zero-order valence-electron chi connectivity index (χ0n) is 12.7. The van der Waals surface area contributed by atoms with Gasteiger partial charge in [0.1, 0.15) is 0 Å². The van der Waals surface area contributed by atoms with E-state index in [1.54, 1.807) is 11.8 Å². The summed E-state index contributed by atoms with van der Waals surface area (Å²) in [6.07, 6.45) is 0.904. The molecule has 7 heteroatoms. The minimum absolute atomic E-state index is 0.294. The zero-order valence-corrected chi connectivity index (χ0v) is 12.7. The molecule has 1 saturated heterocycles. The Morgan fingerprint density at radius 2 is 2.00 bits per heavy atom. The standard InChI is InChI=1S/C15H21N5O2/c1-2-22-14(21)20-10-8-15(9-11-20,13(18-16)19-17)12-6-4-3-5-7-12/h3-7,16H,2,8-11,17H2,1H3/b18-16?,19-13-. The molecule has 1 heterocycles. The highest BCUT2D eigenvalue weighted by Crippen LogP contribution is 2.37. The molecule has 22 heavy (non-hydrogen) atoms. The van der Waals surface area contributed by atoms with E-state index in [-0.39, 0.29) is 6.09 Å². The lowest BCUT2D eigenvalue weighted by molar-refractivity contribution is 0.0930. The molecule has 1 aliphatic rings. The fraction of sp³-hybridized carbons (Fsp3) is 0.467. The van der Waals surface area contributed by atoms with Crippen LogP contribution < -0.4 is 5.84 Å². The van der Waals surface area contributed by atoms with E-state index in [4.69, 9.17) is 16.1 Å². The molecular formula is C15H21N5O2. The second-order valence-corrected chi connectivity index (χ2v) is 5.20. The maximum atomic E-state index is 11.8. The number of carbonyl (C=O) groups is 1. The number of hydrogen-bond donors (Lipinski definition) is 2. The van der Waals surface area contributed by atoms with Gasteiger partial charge in [0.2, 0.25) is 0 Å². The highest BCUT2D eigenvalue weighted by atomic mass is 16.6. The zero-order chi connectivity index (χ0) is 16.0. The number of likely N-dealkylation sites (tertiary alicyclic amines) is 1. The number of piperidine rings is 1. The molecule has 0 saturated carbocycles. The Balaban J connectivity index is 2.27. The minimum atomic E-state index is -0.527. The van der Waals surface area contributed by atoms with Gasteiger partial charge in [-0.1, -0.05) is 30.3 Å². The number of carbonyl (C=O) groups excluding carboxylic acids is 1. The lowest BCUT2D eigenvalue weighted by atomic mass is 9.72. The van der Waals surface area contributed by atoms with Crippen LogP contribution in [0.1, 0.15) is 25.3 Å². The third-order valence-electron chi connectivity index (χ3n) is 4.13. The number of hydrogen-bond acceptors (Lipinski definition) is 5. The molecule has 0 bridgehead atoms. The summed E-state index contributed by atoms with van der Waals surface area (Å²) in [6.45, 7) is 3.18. The number of amidine groups is 1. The van der Waals surface area contributed by atoms with Crippen LogP contribution in [0.15, 0.2) is 40.5 Å². The van der Waals surface area contributed by atoms with Gasteiger partial charge in [-0.25, -0.2) is 10.3 Å². The average molecular weight is 303 g/mol. The summed E-state index contributed by atoms with van der Waals surface area (Å²) in [5.41, 5.74) is 7.87. The summed E-state index contributed by atoms with van der Waals surface area (Å²) in [5.74, 6) is 5.74. The number of ether oxygens (including phenoxy) is 1. The Morgan fingerprint density at radius 1 is 1.36 bits per heavy atom. The van der Waals surface area contributed by atoms with Gasteiger partial charge < -0.3 is 15.5 Å². The van der Waals surface area contributed by atoms with Crippen molar-refractivity contribution >= 4 is 11.9 Å². The average Bonchev–Trinajstić information content (AvgIpc) is 2.57. The van der Waals surface area contributed by atoms with Crippen LogP contribution in [0.25, 0.3) is 0 Å². The third kappa shape index (κ3) is 2.93. The monoisotopic (exact) mass is 303 g/mol. The SMILES string of the molecule is CCOC(=O)N1CCC(/C(N=N)=N/N)(c2ccccc2)CC1. The quantitative estimate of drug-likeness (QED) is 0.294. The fourth-order valence-corrected chi connectivity index (χ4v) is 2.94. The van der Waals surface area contributed by atoms with Gasteiger partial charge in [-0.05, 0) is 25.3 Å². The molecule has 0 aromatic heterocycles. The normalized spacial score (nSPS) is 17.9. The third-order valence-corrected chi connectivity index (χ3v) is 4.13. The van der Waals surface area contributed by atoms with Gasteiger partial charge >= 0.3 is 6.09 Å². The molecule has 7 nitrogen and oxygen atoms in total. The van der Waals surface area contributed by atoms with Crippen molar-refractivity contribution in [1.29, 1.82) is 5.53 Å². The first-order valence-corrected chi connectivity index (χ1v) is 7.31. The lowest BCUT2D eigenvalue weighted by Crippen LogP contribution is -2.49. The van der Waals surface area contributed by atoms with Crippen LogP contribution in [0.4, 0.5) is 4.79 Å². The summed E-state index contributed by atoms with van der Waals surface area (Å²) in [4.78, 5) is 13.5. The molecule has 3 N–H and O–H groups in total. The topological polar surface area (TPSA) is 104 Å². The minimum Gasteiger partial charge on any atom is -0.450 e. The number of benzene rings is 1. The molecule has 1 aromatic rings. The summed E-state index contributed by atoms with van der Waals surface area (Å²) in [6, 6.07) is 9.77. The van der Waals surface area contributed by atoms with Crippen molar-refractivity contribution < 1.29 is 9.53 Å². The molecule has 0 aliphatic carbocycles. The summed E-state index contributed by atoms with van der Waals surface area (Å²) < 4.78 is 5.04. The van der Waals surface area contributed by atoms with E-state index in [2.05, 4.69) is 10.2 Å². The van der Waals surface area contributed by atoms with Crippen LogP contribution in [0.3, 0.4) is 0 Å². The number of nitrogens with two attached hydrogens (primary N) is 1. The van der Waals surface area contributed by atoms with Crippen molar-refractivity contribution in [3.05, 3.63) is 35.9 Å². The molecule has 0 atom stereocenters. The van der Waals surface area contributed by atoms with Crippen LogP contribution in [-0.2, 0) is 10.2 Å². The molecule has 0 radical (unpaired) electrons. The second-order valence-electron chi connectivity index (χ2n) is 5.20. The van der Waals surface area contributed by atoms with E-state index >= 15 is 0 Å². The molecule has 0 unspecified atom stereocenters. The maximum Gasteiger partial charge on any atom is 0.409 e. The number of nitrogens with zero attached hydrogens (tertiary/aromatic N) is 3.